The minimum Gasteiger partial charge on any atom is -0.368 e. The fraction of sp³-hybridized carbons (Fsp3) is 0.286. The number of carbonyl (C=O) groups excluding carboxylic acids is 2. The Morgan fingerprint density at radius 1 is 1.04 bits per heavy atom. The summed E-state index contributed by atoms with van der Waals surface area (Å²) in [4.78, 5) is 24.8. The average Bonchev–Trinajstić information content (AvgIpc) is 3.43. The van der Waals surface area contributed by atoms with Crippen molar-refractivity contribution in [2.75, 3.05) is 5.01 Å². The molecule has 2 aromatic rings. The second-order valence-corrected chi connectivity index (χ2v) is 7.05. The minimum absolute atomic E-state index is 0.0285. The van der Waals surface area contributed by atoms with Crippen molar-refractivity contribution in [3.05, 3.63) is 66.2 Å². The number of benzene rings is 2. The molecule has 0 bridgehead atoms. The van der Waals surface area contributed by atoms with Gasteiger partial charge in [0.15, 0.2) is 0 Å². The van der Waals surface area contributed by atoms with Gasteiger partial charge in [-0.3, -0.25) is 14.6 Å². The smallest absolute Gasteiger partial charge is 0.268 e. The molecule has 1 aliphatic carbocycles. The zero-order valence-corrected chi connectivity index (χ0v) is 14.9. The highest BCUT2D eigenvalue weighted by molar-refractivity contribution is 6.40. The molecular weight excluding hydrogens is 340 g/mol. The first kappa shape index (κ1) is 17.3. The Kier molecular flexibility index (Phi) is 4.62. The molecule has 2 atom stereocenters. The normalized spacial score (nSPS) is 20.1. The van der Waals surface area contributed by atoms with E-state index in [0.717, 1.165) is 24.1 Å². The van der Waals surface area contributed by atoms with Crippen LogP contribution in [-0.4, -0.2) is 23.6 Å². The average molecular weight is 362 g/mol. The van der Waals surface area contributed by atoms with Crippen LogP contribution in [0, 0.1) is 5.92 Å². The first-order chi connectivity index (χ1) is 13.1. The molecule has 0 radical (unpaired) electrons. The Balaban J connectivity index is 1.55. The lowest BCUT2D eigenvalue weighted by Crippen LogP contribution is -2.40. The topological polar surface area (TPSA) is 87.8 Å². The molecule has 2 aliphatic rings. The van der Waals surface area contributed by atoms with Gasteiger partial charge in [0.25, 0.3) is 5.91 Å². The van der Waals surface area contributed by atoms with Crippen molar-refractivity contribution in [1.29, 1.82) is 0 Å². The summed E-state index contributed by atoms with van der Waals surface area (Å²) in [7, 11) is 0. The van der Waals surface area contributed by atoms with Gasteiger partial charge in [-0.05, 0) is 36.5 Å². The van der Waals surface area contributed by atoms with Crippen LogP contribution in [0.4, 0.5) is 5.69 Å². The van der Waals surface area contributed by atoms with Gasteiger partial charge in [0.05, 0.1) is 11.7 Å². The molecule has 4 rings (SSSR count). The van der Waals surface area contributed by atoms with Crippen LogP contribution in [0.15, 0.2) is 65.8 Å². The highest BCUT2D eigenvalue weighted by Gasteiger charge is 2.38. The van der Waals surface area contributed by atoms with E-state index in [0.29, 0.717) is 11.6 Å². The fourth-order valence-corrected chi connectivity index (χ4v) is 3.48. The van der Waals surface area contributed by atoms with E-state index in [1.807, 2.05) is 60.7 Å². The summed E-state index contributed by atoms with van der Waals surface area (Å²) in [5.74, 6) is -0.275. The van der Waals surface area contributed by atoms with Gasteiger partial charge in [0.2, 0.25) is 5.91 Å². The summed E-state index contributed by atoms with van der Waals surface area (Å²) >= 11 is 0. The van der Waals surface area contributed by atoms with Gasteiger partial charge in [-0.1, -0.05) is 48.5 Å². The highest BCUT2D eigenvalue weighted by atomic mass is 16.2. The third kappa shape index (κ3) is 3.69. The van der Waals surface area contributed by atoms with Crippen LogP contribution in [0.25, 0.3) is 0 Å². The van der Waals surface area contributed by atoms with E-state index in [9.17, 15) is 9.59 Å². The van der Waals surface area contributed by atoms with Crippen molar-refractivity contribution in [1.82, 2.24) is 5.32 Å². The number of nitrogens with two attached hydrogens (primary N) is 1. The van der Waals surface area contributed by atoms with E-state index in [1.54, 1.807) is 5.01 Å². The van der Waals surface area contributed by atoms with Crippen molar-refractivity contribution in [3.63, 3.8) is 0 Å². The lowest BCUT2D eigenvalue weighted by atomic mass is 10.0. The number of para-hydroxylation sites is 1. The van der Waals surface area contributed by atoms with E-state index >= 15 is 0 Å². The molecule has 6 heteroatoms. The fourth-order valence-electron chi connectivity index (χ4n) is 3.48. The van der Waals surface area contributed by atoms with Gasteiger partial charge < -0.3 is 11.1 Å². The Bertz CT molecular complexity index is 862. The summed E-state index contributed by atoms with van der Waals surface area (Å²) < 4.78 is 0. The Labute approximate surface area is 158 Å². The highest BCUT2D eigenvalue weighted by Crippen LogP contribution is 2.41. The summed E-state index contributed by atoms with van der Waals surface area (Å²) in [5, 5.41) is 9.09. The number of carbonyl (C=O) groups is 2. The Morgan fingerprint density at radius 2 is 1.67 bits per heavy atom. The summed E-state index contributed by atoms with van der Waals surface area (Å²) in [5.41, 5.74) is 7.73. The molecule has 1 saturated carbocycles. The number of primary amides is 1. The molecule has 27 heavy (non-hydrogen) atoms. The minimum atomic E-state index is -0.649. The van der Waals surface area contributed by atoms with Crippen LogP contribution >= 0.6 is 0 Å². The summed E-state index contributed by atoms with van der Waals surface area (Å²) in [6, 6.07) is 18.6. The molecule has 1 aliphatic heterocycles. The van der Waals surface area contributed by atoms with Crippen LogP contribution < -0.4 is 16.1 Å². The molecule has 1 fully saturated rings. The monoisotopic (exact) mass is 362 g/mol. The summed E-state index contributed by atoms with van der Waals surface area (Å²) in [6.07, 6.45) is 2.42. The van der Waals surface area contributed by atoms with Crippen molar-refractivity contribution < 1.29 is 9.59 Å². The van der Waals surface area contributed by atoms with Gasteiger partial charge in [-0.2, -0.15) is 5.10 Å². The molecule has 6 nitrogen and oxygen atoms in total. The largest absolute Gasteiger partial charge is 0.368 e. The number of hydrogen-bond donors (Lipinski definition) is 2. The van der Waals surface area contributed by atoms with E-state index in [1.165, 1.54) is 0 Å². The third-order valence-corrected chi connectivity index (χ3v) is 5.06. The Morgan fingerprint density at radius 3 is 2.26 bits per heavy atom. The molecule has 0 unspecified atom stereocenters. The summed E-state index contributed by atoms with van der Waals surface area (Å²) in [6.45, 7) is 0. The van der Waals surface area contributed by atoms with E-state index in [2.05, 4.69) is 10.4 Å². The second-order valence-electron chi connectivity index (χ2n) is 7.05. The lowest BCUT2D eigenvalue weighted by molar-refractivity contribution is -0.119. The van der Waals surface area contributed by atoms with Crippen LogP contribution in [0.1, 0.15) is 30.9 Å². The van der Waals surface area contributed by atoms with Crippen LogP contribution in [0.5, 0.6) is 0 Å². The Hall–Kier alpha value is -3.15. The van der Waals surface area contributed by atoms with Crippen LogP contribution in [-0.2, 0) is 9.59 Å². The van der Waals surface area contributed by atoms with Gasteiger partial charge in [-0.15, -0.1) is 0 Å². The molecule has 2 aromatic carbocycles. The van der Waals surface area contributed by atoms with Gasteiger partial charge >= 0.3 is 0 Å². The predicted molar refractivity (Wildman–Crippen MR) is 104 cm³/mol. The molecule has 0 aromatic heterocycles. The lowest BCUT2D eigenvalue weighted by Gasteiger charge is -2.20. The predicted octanol–water partition coefficient (Wildman–Crippen LogP) is 2.37. The molecule has 2 amide bonds. The van der Waals surface area contributed by atoms with Crippen molar-refractivity contribution in [3.8, 4) is 0 Å². The molecule has 1 heterocycles. The number of rotatable bonds is 6. The second kappa shape index (κ2) is 7.23. The van der Waals surface area contributed by atoms with Gasteiger partial charge in [-0.25, -0.2) is 0 Å². The van der Waals surface area contributed by atoms with Crippen molar-refractivity contribution >= 4 is 23.2 Å². The number of hydrogen-bond acceptors (Lipinski definition) is 4. The third-order valence-electron chi connectivity index (χ3n) is 5.06. The van der Waals surface area contributed by atoms with E-state index in [4.69, 9.17) is 5.73 Å². The first-order valence-electron chi connectivity index (χ1n) is 9.20. The maximum Gasteiger partial charge on any atom is 0.268 e. The van der Waals surface area contributed by atoms with E-state index in [-0.39, 0.29) is 18.4 Å². The maximum absolute atomic E-state index is 12.9. The molecule has 3 N–H and O–H groups in total. The molecule has 0 saturated heterocycles. The molecule has 0 spiro atoms. The van der Waals surface area contributed by atoms with Crippen molar-refractivity contribution in [2.24, 2.45) is 16.8 Å². The van der Waals surface area contributed by atoms with Crippen molar-refractivity contribution in [2.45, 2.75) is 31.3 Å². The van der Waals surface area contributed by atoms with Crippen LogP contribution in [0.3, 0.4) is 0 Å². The number of hydrazone groups is 1. The SMILES string of the molecule is NC(=O)[C@@H]1CC(C(=O)N[C@H](c2ccccc2)C2CC2)=NN1c1ccccc1. The van der Waals surface area contributed by atoms with Gasteiger partial charge in [0.1, 0.15) is 11.8 Å². The number of anilines is 1. The number of nitrogens with one attached hydrogen (secondary N) is 1. The van der Waals surface area contributed by atoms with E-state index < -0.39 is 11.9 Å². The molecular formula is C21H22N4O2. The zero-order valence-electron chi connectivity index (χ0n) is 14.9. The standard InChI is InChI=1S/C21H22N4O2/c22-20(26)18-13-17(24-25(18)16-9-5-2-6-10-16)21(27)23-19(15-11-12-15)14-7-3-1-4-8-14/h1-10,15,18-19H,11-13H2,(H2,22,26)(H,23,27)/t18-,19+/m0/s1. The molecule has 138 valence electrons. The van der Waals surface area contributed by atoms with Crippen LogP contribution in [0.2, 0.25) is 0 Å². The number of amides is 2. The quantitative estimate of drug-likeness (QED) is 0.827. The number of nitrogens with zero attached hydrogens (tertiary/aromatic N) is 2. The zero-order chi connectivity index (χ0) is 18.8. The van der Waals surface area contributed by atoms with Gasteiger partial charge in [0, 0.05) is 6.42 Å². The maximum atomic E-state index is 12.9. The first-order valence-corrected chi connectivity index (χ1v) is 9.20.